The van der Waals surface area contributed by atoms with Crippen molar-refractivity contribution in [1.29, 1.82) is 0 Å². The summed E-state index contributed by atoms with van der Waals surface area (Å²) in [5.41, 5.74) is 6.81. The monoisotopic (exact) mass is 249 g/mol. The molecule has 1 aliphatic rings. The highest BCUT2D eigenvalue weighted by Crippen LogP contribution is 2.29. The molecule has 0 amide bonds. The molecule has 3 heteroatoms. The Morgan fingerprint density at radius 1 is 1.28 bits per heavy atom. The van der Waals surface area contributed by atoms with E-state index in [1.54, 1.807) is 7.11 Å². The van der Waals surface area contributed by atoms with Crippen molar-refractivity contribution in [3.05, 3.63) is 23.8 Å². The number of hydrogen-bond acceptors (Lipinski definition) is 3. The van der Waals surface area contributed by atoms with Crippen LogP contribution in [0.25, 0.3) is 0 Å². The van der Waals surface area contributed by atoms with Gasteiger partial charge < -0.3 is 15.2 Å². The zero-order valence-corrected chi connectivity index (χ0v) is 11.2. The minimum absolute atomic E-state index is 0.645. The van der Waals surface area contributed by atoms with Crippen LogP contribution < -0.4 is 15.2 Å². The van der Waals surface area contributed by atoms with Crippen LogP contribution in [0.3, 0.4) is 0 Å². The van der Waals surface area contributed by atoms with Gasteiger partial charge >= 0.3 is 0 Å². The molecule has 0 heterocycles. The van der Waals surface area contributed by atoms with Crippen LogP contribution in [0.5, 0.6) is 11.5 Å². The van der Waals surface area contributed by atoms with E-state index in [1.807, 2.05) is 12.1 Å². The fourth-order valence-electron chi connectivity index (χ4n) is 2.54. The molecule has 1 aromatic rings. The summed E-state index contributed by atoms with van der Waals surface area (Å²) in [6.45, 7) is 1.47. The summed E-state index contributed by atoms with van der Waals surface area (Å²) in [6, 6.07) is 5.99. The highest BCUT2D eigenvalue weighted by molar-refractivity contribution is 5.41. The lowest BCUT2D eigenvalue weighted by Crippen LogP contribution is -2.11. The smallest absolute Gasteiger partial charge is 0.126 e. The minimum Gasteiger partial charge on any atom is -0.497 e. The van der Waals surface area contributed by atoms with Crippen molar-refractivity contribution >= 4 is 0 Å². The van der Waals surface area contributed by atoms with Gasteiger partial charge in [0, 0.05) is 6.07 Å². The average molecular weight is 249 g/mol. The number of rotatable bonds is 6. The molecule has 0 saturated heterocycles. The maximum Gasteiger partial charge on any atom is 0.126 e. The fraction of sp³-hybridized carbons (Fsp3) is 0.600. The van der Waals surface area contributed by atoms with Gasteiger partial charge in [-0.1, -0.05) is 18.9 Å². The van der Waals surface area contributed by atoms with Gasteiger partial charge in [-0.05, 0) is 43.4 Å². The van der Waals surface area contributed by atoms with Crippen LogP contribution in [0.15, 0.2) is 18.2 Å². The zero-order valence-electron chi connectivity index (χ0n) is 11.2. The van der Waals surface area contributed by atoms with Gasteiger partial charge in [0.1, 0.15) is 11.5 Å². The van der Waals surface area contributed by atoms with Crippen molar-refractivity contribution in [3.63, 3.8) is 0 Å². The lowest BCUT2D eigenvalue weighted by molar-refractivity contribution is 0.249. The summed E-state index contributed by atoms with van der Waals surface area (Å²) >= 11 is 0. The molecule has 0 radical (unpaired) electrons. The van der Waals surface area contributed by atoms with Crippen molar-refractivity contribution in [3.8, 4) is 11.5 Å². The van der Waals surface area contributed by atoms with E-state index in [4.69, 9.17) is 15.2 Å². The second-order valence-corrected chi connectivity index (χ2v) is 4.97. The molecule has 1 aromatic carbocycles. The molecule has 0 aliphatic heterocycles. The number of benzene rings is 1. The zero-order chi connectivity index (χ0) is 12.8. The third-order valence-electron chi connectivity index (χ3n) is 3.64. The Bertz CT molecular complexity index is 373. The number of nitrogens with two attached hydrogens (primary N) is 1. The molecule has 100 valence electrons. The van der Waals surface area contributed by atoms with E-state index < -0.39 is 0 Å². The van der Waals surface area contributed by atoms with Gasteiger partial charge in [-0.15, -0.1) is 0 Å². The van der Waals surface area contributed by atoms with Crippen LogP contribution in [-0.4, -0.2) is 20.3 Å². The molecule has 1 aliphatic carbocycles. The van der Waals surface area contributed by atoms with Gasteiger partial charge in [0.2, 0.25) is 0 Å². The van der Waals surface area contributed by atoms with Gasteiger partial charge in [-0.25, -0.2) is 0 Å². The summed E-state index contributed by atoms with van der Waals surface area (Å²) in [4.78, 5) is 0. The molecule has 1 saturated carbocycles. The molecule has 1 fully saturated rings. The van der Waals surface area contributed by atoms with Gasteiger partial charge in [0.05, 0.1) is 13.7 Å². The van der Waals surface area contributed by atoms with Gasteiger partial charge in [0.15, 0.2) is 0 Å². The van der Waals surface area contributed by atoms with Crippen LogP contribution in [0.1, 0.15) is 31.2 Å². The van der Waals surface area contributed by atoms with Crippen molar-refractivity contribution in [2.24, 2.45) is 11.7 Å². The second kappa shape index (κ2) is 6.64. The Hall–Kier alpha value is -1.22. The number of ether oxygens (including phenoxy) is 2. The first-order valence-electron chi connectivity index (χ1n) is 6.83. The summed E-state index contributed by atoms with van der Waals surface area (Å²) in [5.74, 6) is 2.51. The topological polar surface area (TPSA) is 44.5 Å². The molecule has 0 bridgehead atoms. The van der Waals surface area contributed by atoms with E-state index in [1.165, 1.54) is 31.2 Å². The summed E-state index contributed by atoms with van der Waals surface area (Å²) in [6.07, 6.45) is 6.15. The molecule has 2 rings (SSSR count). The van der Waals surface area contributed by atoms with Gasteiger partial charge in [0.25, 0.3) is 0 Å². The fourth-order valence-corrected chi connectivity index (χ4v) is 2.54. The Morgan fingerprint density at radius 3 is 2.72 bits per heavy atom. The molecule has 3 nitrogen and oxygen atoms in total. The van der Waals surface area contributed by atoms with E-state index in [9.17, 15) is 0 Å². The van der Waals surface area contributed by atoms with Crippen LogP contribution in [0, 0.1) is 5.92 Å². The largest absolute Gasteiger partial charge is 0.497 e. The second-order valence-electron chi connectivity index (χ2n) is 4.97. The molecule has 0 spiro atoms. The highest BCUT2D eigenvalue weighted by Gasteiger charge is 2.16. The molecule has 0 atom stereocenters. The minimum atomic E-state index is 0.645. The van der Waals surface area contributed by atoms with E-state index in [0.717, 1.165) is 30.4 Å². The summed E-state index contributed by atoms with van der Waals surface area (Å²) in [5, 5.41) is 0. The normalized spacial score (nSPS) is 15.9. The predicted octanol–water partition coefficient (Wildman–Crippen LogP) is 2.77. The van der Waals surface area contributed by atoms with Crippen molar-refractivity contribution in [2.45, 2.75) is 32.1 Å². The first-order chi connectivity index (χ1) is 8.83. The van der Waals surface area contributed by atoms with Crippen LogP contribution in [-0.2, 0) is 6.42 Å². The third kappa shape index (κ3) is 3.39. The number of hydrogen-bond donors (Lipinski definition) is 1. The van der Waals surface area contributed by atoms with Crippen molar-refractivity contribution in [1.82, 2.24) is 0 Å². The van der Waals surface area contributed by atoms with E-state index in [2.05, 4.69) is 6.07 Å². The Labute approximate surface area is 109 Å². The SMILES string of the molecule is COc1ccc(CCN)c(OCC2CCCC2)c1. The Kier molecular flexibility index (Phi) is 4.88. The first-order valence-corrected chi connectivity index (χ1v) is 6.83. The maximum absolute atomic E-state index is 5.98. The summed E-state index contributed by atoms with van der Waals surface area (Å²) in [7, 11) is 1.68. The van der Waals surface area contributed by atoms with Crippen LogP contribution >= 0.6 is 0 Å². The molecular weight excluding hydrogens is 226 g/mol. The molecular formula is C15H23NO2. The standard InChI is InChI=1S/C15H23NO2/c1-17-14-7-6-13(8-9-16)15(10-14)18-11-12-4-2-3-5-12/h6-7,10,12H,2-5,8-9,11,16H2,1H3. The van der Waals surface area contributed by atoms with Crippen molar-refractivity contribution in [2.75, 3.05) is 20.3 Å². The quantitative estimate of drug-likeness (QED) is 0.843. The maximum atomic E-state index is 5.98. The average Bonchev–Trinajstić information content (AvgIpc) is 2.91. The molecule has 18 heavy (non-hydrogen) atoms. The Morgan fingerprint density at radius 2 is 2.06 bits per heavy atom. The number of methoxy groups -OCH3 is 1. The highest BCUT2D eigenvalue weighted by atomic mass is 16.5. The van der Waals surface area contributed by atoms with Gasteiger partial charge in [-0.2, -0.15) is 0 Å². The predicted molar refractivity (Wildman–Crippen MR) is 73.2 cm³/mol. The first kappa shape index (κ1) is 13.2. The third-order valence-corrected chi connectivity index (χ3v) is 3.64. The molecule has 0 aromatic heterocycles. The van der Waals surface area contributed by atoms with Gasteiger partial charge in [-0.3, -0.25) is 0 Å². The Balaban J connectivity index is 2.02. The van der Waals surface area contributed by atoms with E-state index >= 15 is 0 Å². The molecule has 0 unspecified atom stereocenters. The van der Waals surface area contributed by atoms with E-state index in [0.29, 0.717) is 6.54 Å². The van der Waals surface area contributed by atoms with Crippen LogP contribution in [0.4, 0.5) is 0 Å². The molecule has 2 N–H and O–H groups in total. The lowest BCUT2D eigenvalue weighted by atomic mass is 10.1. The van der Waals surface area contributed by atoms with E-state index in [-0.39, 0.29) is 0 Å². The van der Waals surface area contributed by atoms with Crippen molar-refractivity contribution < 1.29 is 9.47 Å². The summed E-state index contributed by atoms with van der Waals surface area (Å²) < 4.78 is 11.2. The lowest BCUT2D eigenvalue weighted by Gasteiger charge is -2.15. The van der Waals surface area contributed by atoms with Crippen LogP contribution in [0.2, 0.25) is 0 Å².